The van der Waals surface area contributed by atoms with Crippen LogP contribution in [0.4, 0.5) is 5.69 Å². The minimum atomic E-state index is -0.306. The lowest BCUT2D eigenvalue weighted by Gasteiger charge is -2.15. The van der Waals surface area contributed by atoms with Crippen molar-refractivity contribution < 1.29 is 0 Å². The first-order chi connectivity index (χ1) is 9.70. The lowest BCUT2D eigenvalue weighted by atomic mass is 10.1. The molecule has 0 aliphatic heterocycles. The van der Waals surface area contributed by atoms with Crippen molar-refractivity contribution in [1.29, 1.82) is 5.26 Å². The van der Waals surface area contributed by atoms with Crippen LogP contribution in [-0.2, 0) is 6.54 Å². The molecule has 2 aromatic rings. The number of rotatable bonds is 5. The van der Waals surface area contributed by atoms with Crippen LogP contribution in [0, 0.1) is 11.3 Å². The number of benzene rings is 1. The molecule has 1 aromatic carbocycles. The molecule has 20 heavy (non-hydrogen) atoms. The average Bonchev–Trinajstić information content (AvgIpc) is 2.49. The standard InChI is InChI=1S/C16H18N4/c1-20(2)15-5-3-14(4-6-15)16(11-17)19-12-13-7-9-18-10-8-13/h3-10,16,19H,12H2,1-2H3. The monoisotopic (exact) mass is 266 g/mol. The Morgan fingerprint density at radius 2 is 1.80 bits per heavy atom. The van der Waals surface area contributed by atoms with Crippen LogP contribution in [0.2, 0.25) is 0 Å². The Hall–Kier alpha value is -2.38. The van der Waals surface area contributed by atoms with E-state index in [1.165, 1.54) is 0 Å². The highest BCUT2D eigenvalue weighted by molar-refractivity contribution is 5.47. The Morgan fingerprint density at radius 3 is 2.35 bits per heavy atom. The van der Waals surface area contributed by atoms with Crippen molar-refractivity contribution in [2.75, 3.05) is 19.0 Å². The number of hydrogen-bond donors (Lipinski definition) is 1. The quantitative estimate of drug-likeness (QED) is 0.903. The topological polar surface area (TPSA) is 52.0 Å². The molecule has 0 fully saturated rings. The number of nitrogens with one attached hydrogen (secondary N) is 1. The van der Waals surface area contributed by atoms with Crippen LogP contribution >= 0.6 is 0 Å². The highest BCUT2D eigenvalue weighted by Crippen LogP contribution is 2.18. The maximum Gasteiger partial charge on any atom is 0.121 e. The third kappa shape index (κ3) is 3.56. The number of aromatic nitrogens is 1. The predicted molar refractivity (Wildman–Crippen MR) is 80.2 cm³/mol. The Labute approximate surface area is 119 Å². The number of nitrogens with zero attached hydrogens (tertiary/aromatic N) is 3. The first-order valence-corrected chi connectivity index (χ1v) is 6.50. The molecule has 0 saturated heterocycles. The molecule has 0 saturated carbocycles. The van der Waals surface area contributed by atoms with Gasteiger partial charge < -0.3 is 4.90 Å². The Balaban J connectivity index is 2.03. The average molecular weight is 266 g/mol. The predicted octanol–water partition coefficient (Wildman–Crippen LogP) is 2.50. The van der Waals surface area contributed by atoms with Crippen molar-refractivity contribution in [2.24, 2.45) is 0 Å². The van der Waals surface area contributed by atoms with Gasteiger partial charge in [-0.25, -0.2) is 0 Å². The third-order valence-corrected chi connectivity index (χ3v) is 3.13. The summed E-state index contributed by atoms with van der Waals surface area (Å²) in [6, 6.07) is 13.9. The van der Waals surface area contributed by atoms with E-state index in [1.807, 2.05) is 55.4 Å². The summed E-state index contributed by atoms with van der Waals surface area (Å²) in [4.78, 5) is 6.02. The highest BCUT2D eigenvalue weighted by Gasteiger charge is 2.09. The van der Waals surface area contributed by atoms with Gasteiger partial charge >= 0.3 is 0 Å². The minimum Gasteiger partial charge on any atom is -0.378 e. The van der Waals surface area contributed by atoms with E-state index in [-0.39, 0.29) is 6.04 Å². The van der Waals surface area contributed by atoms with Crippen LogP contribution < -0.4 is 10.2 Å². The lowest BCUT2D eigenvalue weighted by molar-refractivity contribution is 0.630. The molecule has 0 aliphatic carbocycles. The van der Waals surface area contributed by atoms with Crippen molar-refractivity contribution in [1.82, 2.24) is 10.3 Å². The number of pyridine rings is 1. The van der Waals surface area contributed by atoms with Gasteiger partial charge in [-0.05, 0) is 35.4 Å². The Bertz CT molecular complexity index is 570. The van der Waals surface area contributed by atoms with E-state index in [2.05, 4.69) is 16.4 Å². The first kappa shape index (κ1) is 14.0. The molecule has 102 valence electrons. The SMILES string of the molecule is CN(C)c1ccc(C(C#N)NCc2ccncc2)cc1. The summed E-state index contributed by atoms with van der Waals surface area (Å²) in [6.45, 7) is 0.649. The van der Waals surface area contributed by atoms with Gasteiger partial charge in [0.05, 0.1) is 6.07 Å². The molecule has 0 spiro atoms. The number of anilines is 1. The summed E-state index contributed by atoms with van der Waals surface area (Å²) in [5.74, 6) is 0. The summed E-state index contributed by atoms with van der Waals surface area (Å²) in [7, 11) is 4.00. The number of hydrogen-bond acceptors (Lipinski definition) is 4. The zero-order chi connectivity index (χ0) is 14.4. The van der Waals surface area contributed by atoms with E-state index in [0.29, 0.717) is 6.54 Å². The van der Waals surface area contributed by atoms with Gasteiger partial charge in [0.25, 0.3) is 0 Å². The minimum absolute atomic E-state index is 0.306. The van der Waals surface area contributed by atoms with Gasteiger partial charge in [-0.15, -0.1) is 0 Å². The van der Waals surface area contributed by atoms with Crippen LogP contribution in [0.1, 0.15) is 17.2 Å². The third-order valence-electron chi connectivity index (χ3n) is 3.13. The van der Waals surface area contributed by atoms with Gasteiger partial charge in [0.1, 0.15) is 6.04 Å². The van der Waals surface area contributed by atoms with E-state index in [0.717, 1.165) is 16.8 Å². The fourth-order valence-electron chi connectivity index (χ4n) is 1.92. The molecule has 1 N–H and O–H groups in total. The summed E-state index contributed by atoms with van der Waals surface area (Å²) < 4.78 is 0. The fourth-order valence-corrected chi connectivity index (χ4v) is 1.92. The maximum atomic E-state index is 9.30. The molecular formula is C16H18N4. The van der Waals surface area contributed by atoms with E-state index in [1.54, 1.807) is 12.4 Å². The second-order valence-electron chi connectivity index (χ2n) is 4.78. The van der Waals surface area contributed by atoms with Crippen molar-refractivity contribution in [2.45, 2.75) is 12.6 Å². The maximum absolute atomic E-state index is 9.30. The highest BCUT2D eigenvalue weighted by atomic mass is 15.1. The smallest absolute Gasteiger partial charge is 0.121 e. The molecule has 0 bridgehead atoms. The molecule has 1 heterocycles. The summed E-state index contributed by atoms with van der Waals surface area (Å²) >= 11 is 0. The zero-order valence-corrected chi connectivity index (χ0v) is 11.7. The first-order valence-electron chi connectivity index (χ1n) is 6.50. The van der Waals surface area contributed by atoms with Gasteiger partial charge in [-0.3, -0.25) is 10.3 Å². The van der Waals surface area contributed by atoms with Crippen molar-refractivity contribution in [3.63, 3.8) is 0 Å². The van der Waals surface area contributed by atoms with Crippen LogP contribution in [0.15, 0.2) is 48.8 Å². The molecule has 1 aromatic heterocycles. The van der Waals surface area contributed by atoms with Gasteiger partial charge in [0.15, 0.2) is 0 Å². The summed E-state index contributed by atoms with van der Waals surface area (Å²) in [5, 5.41) is 12.5. The second kappa shape index (κ2) is 6.69. The molecular weight excluding hydrogens is 248 g/mol. The Kier molecular flexibility index (Phi) is 4.70. The van der Waals surface area contributed by atoms with Gasteiger partial charge in [0, 0.05) is 38.7 Å². The second-order valence-corrected chi connectivity index (χ2v) is 4.78. The summed E-state index contributed by atoms with van der Waals surface area (Å²) in [6.07, 6.45) is 3.51. The van der Waals surface area contributed by atoms with Crippen LogP contribution in [0.25, 0.3) is 0 Å². The molecule has 0 aliphatic rings. The zero-order valence-electron chi connectivity index (χ0n) is 11.7. The van der Waals surface area contributed by atoms with E-state index < -0.39 is 0 Å². The normalized spacial score (nSPS) is 11.7. The molecule has 4 heteroatoms. The van der Waals surface area contributed by atoms with Gasteiger partial charge in [-0.1, -0.05) is 12.1 Å². The molecule has 2 rings (SSSR count). The lowest BCUT2D eigenvalue weighted by Crippen LogP contribution is -2.19. The molecule has 0 radical (unpaired) electrons. The van der Waals surface area contributed by atoms with Crippen LogP contribution in [0.5, 0.6) is 0 Å². The number of nitriles is 1. The van der Waals surface area contributed by atoms with E-state index >= 15 is 0 Å². The van der Waals surface area contributed by atoms with Gasteiger partial charge in [-0.2, -0.15) is 5.26 Å². The van der Waals surface area contributed by atoms with E-state index in [9.17, 15) is 5.26 Å². The Morgan fingerprint density at radius 1 is 1.15 bits per heavy atom. The van der Waals surface area contributed by atoms with Crippen LogP contribution in [0.3, 0.4) is 0 Å². The molecule has 4 nitrogen and oxygen atoms in total. The van der Waals surface area contributed by atoms with Crippen molar-refractivity contribution in [3.05, 3.63) is 59.9 Å². The largest absolute Gasteiger partial charge is 0.378 e. The van der Waals surface area contributed by atoms with Crippen molar-refractivity contribution in [3.8, 4) is 6.07 Å². The van der Waals surface area contributed by atoms with Gasteiger partial charge in [0.2, 0.25) is 0 Å². The van der Waals surface area contributed by atoms with E-state index in [4.69, 9.17) is 0 Å². The molecule has 1 unspecified atom stereocenters. The molecule has 1 atom stereocenters. The summed E-state index contributed by atoms with van der Waals surface area (Å²) in [5.41, 5.74) is 3.22. The van der Waals surface area contributed by atoms with Crippen LogP contribution in [-0.4, -0.2) is 19.1 Å². The van der Waals surface area contributed by atoms with Crippen molar-refractivity contribution >= 4 is 5.69 Å². The fraction of sp³-hybridized carbons (Fsp3) is 0.250. The molecule has 0 amide bonds.